The van der Waals surface area contributed by atoms with Crippen LogP contribution in [-0.2, 0) is 0 Å². The summed E-state index contributed by atoms with van der Waals surface area (Å²) in [6.45, 7) is 5.54. The number of rotatable bonds is 5. The van der Waals surface area contributed by atoms with Crippen LogP contribution in [0.2, 0.25) is 0 Å². The second-order valence-electron chi connectivity index (χ2n) is 2.51. The van der Waals surface area contributed by atoms with Crippen molar-refractivity contribution in [2.75, 3.05) is 7.05 Å². The highest BCUT2D eigenvalue weighted by molar-refractivity contribution is 9.11. The summed E-state index contributed by atoms with van der Waals surface area (Å²) >= 11 is 3.37. The molecule has 15 heavy (non-hydrogen) atoms. The van der Waals surface area contributed by atoms with Crippen LogP contribution in [0.5, 0.6) is 0 Å². The standard InChI is InChI=1S/C12H15BrN2/c1-4-11(13)7-8-12(5-2)15-10-6-9-14-3/h4,6-10,15H,2H2,1,3H3/b8-7-,10-6-,11-4+,14-9?. The molecule has 0 aromatic carbocycles. The number of halogens is 1. The summed E-state index contributed by atoms with van der Waals surface area (Å²) < 4.78 is 1.01. The third-order valence-electron chi connectivity index (χ3n) is 1.45. The molecule has 0 amide bonds. The molecule has 0 aromatic heterocycles. The van der Waals surface area contributed by atoms with E-state index in [9.17, 15) is 0 Å². The molecule has 0 aliphatic heterocycles. The van der Waals surface area contributed by atoms with Crippen molar-refractivity contribution in [2.24, 2.45) is 4.99 Å². The molecule has 0 spiro atoms. The Labute approximate surface area is 99.6 Å². The van der Waals surface area contributed by atoms with Gasteiger partial charge in [-0.2, -0.15) is 0 Å². The van der Waals surface area contributed by atoms with Crippen molar-refractivity contribution < 1.29 is 0 Å². The minimum absolute atomic E-state index is 0.801. The van der Waals surface area contributed by atoms with Crippen LogP contribution in [0.15, 0.2) is 58.0 Å². The smallest absolute Gasteiger partial charge is 0.0807 e. The van der Waals surface area contributed by atoms with E-state index in [0.717, 1.165) is 10.2 Å². The number of hydrogen-bond acceptors (Lipinski definition) is 2. The summed E-state index contributed by atoms with van der Waals surface area (Å²) in [5.41, 5.74) is 3.58. The minimum atomic E-state index is 0.801. The van der Waals surface area contributed by atoms with Gasteiger partial charge in [-0.3, -0.25) is 4.99 Å². The number of aliphatic imine (C=N–C) groups is 1. The molecular formula is C12H15BrN2. The summed E-state index contributed by atoms with van der Waals surface area (Å²) in [4.78, 5) is 3.81. The lowest BCUT2D eigenvalue weighted by Gasteiger charge is -1.96. The Balaban J connectivity index is 4.30. The van der Waals surface area contributed by atoms with Gasteiger partial charge < -0.3 is 5.32 Å². The summed E-state index contributed by atoms with van der Waals surface area (Å²) in [5.74, 6) is 0. The topological polar surface area (TPSA) is 24.4 Å². The molecule has 0 aliphatic carbocycles. The van der Waals surface area contributed by atoms with Crippen molar-refractivity contribution in [3.05, 3.63) is 53.0 Å². The molecule has 1 N–H and O–H groups in total. The Morgan fingerprint density at radius 3 is 2.73 bits per heavy atom. The molecule has 0 saturated heterocycles. The fraction of sp³-hybridized carbons (Fsp3) is 0.167. The molecule has 0 rings (SSSR count). The Morgan fingerprint density at radius 2 is 2.20 bits per heavy atom. The maximum atomic E-state index is 3.81. The fourth-order valence-corrected chi connectivity index (χ4v) is 0.816. The van der Waals surface area contributed by atoms with Gasteiger partial charge in [0.15, 0.2) is 0 Å². The summed E-state index contributed by atoms with van der Waals surface area (Å²) in [7, 11) is 1.72. The van der Waals surface area contributed by atoms with Crippen LogP contribution >= 0.6 is 15.9 Å². The van der Waals surface area contributed by atoms with Gasteiger partial charge in [0.05, 0.1) is 5.70 Å². The largest absolute Gasteiger partial charge is 0.355 e. The number of allylic oxidation sites excluding steroid dienone is 5. The Morgan fingerprint density at radius 1 is 1.47 bits per heavy atom. The normalized spacial score (nSPS) is 12.6. The highest BCUT2D eigenvalue weighted by Gasteiger charge is 1.85. The molecule has 0 aliphatic rings. The maximum absolute atomic E-state index is 3.81. The molecule has 80 valence electrons. The van der Waals surface area contributed by atoms with Crippen LogP contribution in [-0.4, -0.2) is 13.3 Å². The van der Waals surface area contributed by atoms with Crippen LogP contribution in [0, 0.1) is 0 Å². The SMILES string of the molecule is C=C=C(/C=C\C(Br)=C/C)N/C=C\C=NC. The van der Waals surface area contributed by atoms with Crippen LogP contribution in [0.3, 0.4) is 0 Å². The van der Waals surface area contributed by atoms with Crippen LogP contribution in [0.4, 0.5) is 0 Å². The first-order chi connectivity index (χ1) is 7.24. The molecule has 2 nitrogen and oxygen atoms in total. The first-order valence-electron chi connectivity index (χ1n) is 4.48. The van der Waals surface area contributed by atoms with Crippen LogP contribution in [0.1, 0.15) is 6.92 Å². The van der Waals surface area contributed by atoms with Gasteiger partial charge in [0.1, 0.15) is 0 Å². The quantitative estimate of drug-likeness (QED) is 0.461. The zero-order valence-corrected chi connectivity index (χ0v) is 10.6. The van der Waals surface area contributed by atoms with Gasteiger partial charge in [-0.15, -0.1) is 5.73 Å². The molecule has 0 fully saturated rings. The Hall–Kier alpha value is -1.31. The van der Waals surface area contributed by atoms with Crippen LogP contribution in [0.25, 0.3) is 0 Å². The van der Waals surface area contributed by atoms with Crippen LogP contribution < -0.4 is 5.32 Å². The monoisotopic (exact) mass is 266 g/mol. The lowest BCUT2D eigenvalue weighted by Crippen LogP contribution is -2.00. The molecule has 3 heteroatoms. The fourth-order valence-electron chi connectivity index (χ4n) is 0.684. The van der Waals surface area contributed by atoms with E-state index in [0.29, 0.717) is 0 Å². The van der Waals surface area contributed by atoms with Gasteiger partial charge >= 0.3 is 0 Å². The zero-order chi connectivity index (χ0) is 11.5. The van der Waals surface area contributed by atoms with E-state index in [2.05, 4.69) is 38.5 Å². The third kappa shape index (κ3) is 7.74. The number of hydrogen-bond donors (Lipinski definition) is 1. The molecule has 0 atom stereocenters. The van der Waals surface area contributed by atoms with Crippen molar-refractivity contribution in [1.82, 2.24) is 5.32 Å². The van der Waals surface area contributed by atoms with E-state index < -0.39 is 0 Å². The van der Waals surface area contributed by atoms with E-state index >= 15 is 0 Å². The average Bonchev–Trinajstić information content (AvgIpc) is 2.27. The number of nitrogens with one attached hydrogen (secondary N) is 1. The van der Waals surface area contributed by atoms with Gasteiger partial charge in [-0.1, -0.05) is 28.6 Å². The zero-order valence-electron chi connectivity index (χ0n) is 9.00. The Bertz CT molecular complexity index is 343. The van der Waals surface area contributed by atoms with Gasteiger partial charge in [0, 0.05) is 23.9 Å². The van der Waals surface area contributed by atoms with Crippen molar-refractivity contribution in [1.29, 1.82) is 0 Å². The highest BCUT2D eigenvalue weighted by atomic mass is 79.9. The summed E-state index contributed by atoms with van der Waals surface area (Å²) in [6.07, 6.45) is 11.0. The third-order valence-corrected chi connectivity index (χ3v) is 2.17. The second-order valence-corrected chi connectivity index (χ2v) is 3.42. The van der Waals surface area contributed by atoms with Gasteiger partial charge in [-0.25, -0.2) is 0 Å². The molecule has 0 saturated carbocycles. The van der Waals surface area contributed by atoms with Gasteiger partial charge in [0.2, 0.25) is 0 Å². The minimum Gasteiger partial charge on any atom is -0.355 e. The summed E-state index contributed by atoms with van der Waals surface area (Å²) in [5, 5.41) is 3.02. The molecule has 0 radical (unpaired) electrons. The summed E-state index contributed by atoms with van der Waals surface area (Å²) in [6, 6.07) is 0. The van der Waals surface area contributed by atoms with E-state index in [-0.39, 0.29) is 0 Å². The van der Waals surface area contributed by atoms with E-state index in [4.69, 9.17) is 0 Å². The van der Waals surface area contributed by atoms with Crippen molar-refractivity contribution in [3.63, 3.8) is 0 Å². The maximum Gasteiger partial charge on any atom is 0.0807 e. The van der Waals surface area contributed by atoms with Gasteiger partial charge in [0.25, 0.3) is 0 Å². The molecule has 0 bridgehead atoms. The first kappa shape index (κ1) is 13.7. The molecule has 0 unspecified atom stereocenters. The van der Waals surface area contributed by atoms with Crippen molar-refractivity contribution >= 4 is 22.1 Å². The average molecular weight is 267 g/mol. The van der Waals surface area contributed by atoms with E-state index in [1.54, 1.807) is 25.5 Å². The lowest BCUT2D eigenvalue weighted by molar-refractivity contribution is 1.12. The van der Waals surface area contributed by atoms with E-state index in [1.807, 2.05) is 25.2 Å². The molecule has 0 heterocycles. The lowest BCUT2D eigenvalue weighted by atomic mass is 10.3. The van der Waals surface area contributed by atoms with E-state index in [1.165, 1.54) is 0 Å². The first-order valence-corrected chi connectivity index (χ1v) is 5.27. The predicted octanol–water partition coefficient (Wildman–Crippen LogP) is 3.31. The van der Waals surface area contributed by atoms with Gasteiger partial charge in [-0.05, 0) is 25.2 Å². The molecular weight excluding hydrogens is 252 g/mol. The van der Waals surface area contributed by atoms with Crippen molar-refractivity contribution in [3.8, 4) is 0 Å². The molecule has 0 aromatic rings. The highest BCUT2D eigenvalue weighted by Crippen LogP contribution is 2.06. The van der Waals surface area contributed by atoms with Crippen molar-refractivity contribution in [2.45, 2.75) is 6.92 Å². The Kier molecular flexibility index (Phi) is 8.44. The number of nitrogens with zero attached hydrogens (tertiary/aromatic N) is 1. The second kappa shape index (κ2) is 9.25. The predicted molar refractivity (Wildman–Crippen MR) is 71.2 cm³/mol.